The van der Waals surface area contributed by atoms with Gasteiger partial charge in [-0.05, 0) is 0 Å². The van der Waals surface area contributed by atoms with E-state index in [9.17, 15) is 9.90 Å². The van der Waals surface area contributed by atoms with Crippen LogP contribution in [0.3, 0.4) is 0 Å². The number of aryl methyl sites for hydroxylation is 1. The van der Waals surface area contributed by atoms with E-state index in [2.05, 4.69) is 40.8 Å². The number of aliphatic carboxylic acids is 1. The molecule has 0 saturated carbocycles. The van der Waals surface area contributed by atoms with Crippen LogP contribution in [0.1, 0.15) is 19.8 Å². The fraction of sp³-hybridized carbons (Fsp3) is 0.571. The Labute approximate surface area is 114 Å². The zero-order valence-corrected chi connectivity index (χ0v) is 11.7. The van der Waals surface area contributed by atoms with Crippen molar-refractivity contribution in [2.75, 3.05) is 26.9 Å². The molecule has 0 unspecified atom stereocenters. The highest BCUT2D eigenvalue weighted by Crippen LogP contribution is 1.80. The van der Waals surface area contributed by atoms with E-state index in [4.69, 9.17) is 4.74 Å². The molecule has 0 fully saturated rings. The average molecular weight is 269 g/mol. The molecule has 0 radical (unpaired) electrons. The second-order valence-corrected chi connectivity index (χ2v) is 3.84. The van der Waals surface area contributed by atoms with Gasteiger partial charge in [-0.25, -0.2) is 4.57 Å². The molecule has 5 heteroatoms. The van der Waals surface area contributed by atoms with Gasteiger partial charge in [0.15, 0.2) is 12.4 Å². The van der Waals surface area contributed by atoms with Gasteiger partial charge in [0, 0.05) is 38.1 Å². The monoisotopic (exact) mass is 269 g/mol. The first-order valence-electron chi connectivity index (χ1n) is 6.41. The summed E-state index contributed by atoms with van der Waals surface area (Å²) in [7, 11) is 1.56. The molecule has 0 atom stereocenters. The predicted octanol–water partition coefficient (Wildman–Crippen LogP) is 0.174. The third-order valence-corrected chi connectivity index (χ3v) is 2.14. The lowest BCUT2D eigenvalue weighted by Gasteiger charge is -2.02. The Balaban J connectivity index is 0.000000342. The number of ether oxygens (including phenoxy) is 2. The highest BCUT2D eigenvalue weighted by Gasteiger charge is 1.90. The van der Waals surface area contributed by atoms with Gasteiger partial charge in [0.05, 0.1) is 19.8 Å². The number of hydrogen-bond donors (Lipinski definition) is 0. The predicted molar refractivity (Wildman–Crippen MR) is 69.2 cm³/mol. The Morgan fingerprint density at radius 2 is 1.84 bits per heavy atom. The van der Waals surface area contributed by atoms with Gasteiger partial charge < -0.3 is 19.4 Å². The SMILES string of the molecule is CCC[n+]1ccccc1.COCCOCCC(=O)[O-]. The van der Waals surface area contributed by atoms with Crippen LogP contribution in [-0.4, -0.2) is 32.9 Å². The molecule has 0 amide bonds. The van der Waals surface area contributed by atoms with Crippen LogP contribution in [0.5, 0.6) is 0 Å². The standard InChI is InChI=1S/C8H12N.C6H12O4/c1-2-6-9-7-4-3-5-8-9;1-9-4-5-10-3-2-6(7)8/h3-5,7-8H,2,6H2,1H3;2-5H2,1H3,(H,7,8)/q+1;/p-1. The van der Waals surface area contributed by atoms with E-state index in [0.717, 1.165) is 6.54 Å². The number of carboxylic acid groups (broad SMARTS) is 1. The van der Waals surface area contributed by atoms with Crippen molar-refractivity contribution in [1.29, 1.82) is 0 Å². The number of pyridine rings is 1. The van der Waals surface area contributed by atoms with E-state index < -0.39 is 5.97 Å². The fourth-order valence-electron chi connectivity index (χ4n) is 1.24. The van der Waals surface area contributed by atoms with Gasteiger partial charge in [-0.15, -0.1) is 0 Å². The summed E-state index contributed by atoms with van der Waals surface area (Å²) in [5.74, 6) is -1.09. The van der Waals surface area contributed by atoms with Gasteiger partial charge in [-0.2, -0.15) is 0 Å². The Morgan fingerprint density at radius 3 is 2.37 bits per heavy atom. The van der Waals surface area contributed by atoms with E-state index >= 15 is 0 Å². The molecule has 1 heterocycles. The number of hydrogen-bond acceptors (Lipinski definition) is 4. The second kappa shape index (κ2) is 13.0. The summed E-state index contributed by atoms with van der Waals surface area (Å²) in [5.41, 5.74) is 0. The lowest BCUT2D eigenvalue weighted by atomic mass is 10.4. The molecular formula is C14H23NO4. The highest BCUT2D eigenvalue weighted by atomic mass is 16.5. The van der Waals surface area contributed by atoms with Gasteiger partial charge in [0.1, 0.15) is 6.54 Å². The molecule has 5 nitrogen and oxygen atoms in total. The maximum atomic E-state index is 9.81. The number of methoxy groups -OCH3 is 1. The molecular weight excluding hydrogens is 246 g/mol. The summed E-state index contributed by atoms with van der Waals surface area (Å²) in [6.07, 6.45) is 5.32. The van der Waals surface area contributed by atoms with Gasteiger partial charge in [0.25, 0.3) is 0 Å². The molecule has 1 aromatic rings. The van der Waals surface area contributed by atoms with Crippen molar-refractivity contribution in [2.45, 2.75) is 26.3 Å². The fourth-order valence-corrected chi connectivity index (χ4v) is 1.24. The maximum absolute atomic E-state index is 9.81. The lowest BCUT2D eigenvalue weighted by Crippen LogP contribution is -2.31. The molecule has 1 aromatic heterocycles. The Morgan fingerprint density at radius 1 is 1.16 bits per heavy atom. The molecule has 0 aliphatic rings. The number of nitrogens with zero attached hydrogens (tertiary/aromatic N) is 1. The van der Waals surface area contributed by atoms with Crippen molar-refractivity contribution in [1.82, 2.24) is 0 Å². The Hall–Kier alpha value is -1.46. The number of carbonyl (C=O) groups is 1. The Bertz CT molecular complexity index is 316. The smallest absolute Gasteiger partial charge is 0.168 e. The van der Waals surface area contributed by atoms with E-state index in [1.165, 1.54) is 6.42 Å². The quantitative estimate of drug-likeness (QED) is 0.499. The summed E-state index contributed by atoms with van der Waals surface area (Å²) >= 11 is 0. The largest absolute Gasteiger partial charge is 0.550 e. The van der Waals surface area contributed by atoms with Crippen LogP contribution in [0.2, 0.25) is 0 Å². The van der Waals surface area contributed by atoms with Crippen LogP contribution < -0.4 is 9.67 Å². The first kappa shape index (κ1) is 17.5. The van der Waals surface area contributed by atoms with Crippen molar-refractivity contribution in [3.63, 3.8) is 0 Å². The lowest BCUT2D eigenvalue weighted by molar-refractivity contribution is -0.697. The van der Waals surface area contributed by atoms with Crippen molar-refractivity contribution >= 4 is 5.97 Å². The van der Waals surface area contributed by atoms with Crippen molar-refractivity contribution < 1.29 is 23.9 Å². The van der Waals surface area contributed by atoms with Gasteiger partial charge in [-0.3, -0.25) is 0 Å². The molecule has 0 saturated heterocycles. The number of aromatic nitrogens is 1. The van der Waals surface area contributed by atoms with E-state index in [1.807, 2.05) is 6.07 Å². The van der Waals surface area contributed by atoms with E-state index in [1.54, 1.807) is 7.11 Å². The third-order valence-electron chi connectivity index (χ3n) is 2.14. The topological polar surface area (TPSA) is 62.5 Å². The summed E-state index contributed by atoms with van der Waals surface area (Å²) in [6, 6.07) is 6.14. The molecule has 0 aliphatic heterocycles. The molecule has 0 aromatic carbocycles. The third kappa shape index (κ3) is 12.8. The van der Waals surface area contributed by atoms with Crippen molar-refractivity contribution in [3.8, 4) is 0 Å². The van der Waals surface area contributed by atoms with Gasteiger partial charge >= 0.3 is 0 Å². The minimum atomic E-state index is -1.09. The van der Waals surface area contributed by atoms with Crippen LogP contribution in [0.4, 0.5) is 0 Å². The minimum absolute atomic E-state index is 0.0519. The average Bonchev–Trinajstić information content (AvgIpc) is 2.40. The normalized spacial score (nSPS) is 9.58. The maximum Gasteiger partial charge on any atom is 0.168 e. The van der Waals surface area contributed by atoms with Crippen LogP contribution in [0.25, 0.3) is 0 Å². The molecule has 0 bridgehead atoms. The van der Waals surface area contributed by atoms with Crippen molar-refractivity contribution in [2.24, 2.45) is 0 Å². The molecule has 19 heavy (non-hydrogen) atoms. The first-order valence-corrected chi connectivity index (χ1v) is 6.41. The zero-order chi connectivity index (χ0) is 14.3. The van der Waals surface area contributed by atoms with Crippen LogP contribution >= 0.6 is 0 Å². The molecule has 0 spiro atoms. The number of carboxylic acids is 1. The van der Waals surface area contributed by atoms with Crippen molar-refractivity contribution in [3.05, 3.63) is 30.6 Å². The van der Waals surface area contributed by atoms with Crippen LogP contribution in [0.15, 0.2) is 30.6 Å². The Kier molecular flexibility index (Phi) is 12.0. The summed E-state index contributed by atoms with van der Waals surface area (Å²) < 4.78 is 11.7. The molecule has 108 valence electrons. The second-order valence-electron chi connectivity index (χ2n) is 3.84. The molecule has 1 rings (SSSR count). The zero-order valence-electron chi connectivity index (χ0n) is 11.7. The van der Waals surface area contributed by atoms with Gasteiger partial charge in [0.2, 0.25) is 0 Å². The first-order chi connectivity index (χ1) is 9.20. The van der Waals surface area contributed by atoms with E-state index in [-0.39, 0.29) is 13.0 Å². The summed E-state index contributed by atoms with van der Waals surface area (Å²) in [5, 5.41) is 9.81. The van der Waals surface area contributed by atoms with Gasteiger partial charge in [-0.1, -0.05) is 13.0 Å². The van der Waals surface area contributed by atoms with Crippen LogP contribution in [0, 0.1) is 0 Å². The number of rotatable bonds is 8. The van der Waals surface area contributed by atoms with Crippen LogP contribution in [-0.2, 0) is 20.8 Å². The van der Waals surface area contributed by atoms with E-state index in [0.29, 0.717) is 13.2 Å². The molecule has 0 N–H and O–H groups in total. The summed E-state index contributed by atoms with van der Waals surface area (Å²) in [4.78, 5) is 9.81. The highest BCUT2D eigenvalue weighted by molar-refractivity contribution is 5.64. The summed E-state index contributed by atoms with van der Waals surface area (Å²) in [6.45, 7) is 4.43. The molecule has 0 aliphatic carbocycles. The number of carbonyl (C=O) groups excluding carboxylic acids is 1. The minimum Gasteiger partial charge on any atom is -0.550 e.